The lowest BCUT2D eigenvalue weighted by atomic mass is 10.0. The molecule has 1 aromatic heterocycles. The third kappa shape index (κ3) is 11.9. The number of rotatable bonds is 6. The van der Waals surface area contributed by atoms with E-state index < -0.39 is 42.5 Å². The number of hydrogen-bond donors (Lipinski definition) is 2. The molecule has 2 N–H and O–H groups in total. The molecule has 1 aliphatic rings. The van der Waals surface area contributed by atoms with E-state index in [0.717, 1.165) is 10.8 Å². The minimum Gasteiger partial charge on any atom is -0.495 e. The van der Waals surface area contributed by atoms with Gasteiger partial charge < -0.3 is 20.3 Å². The Kier molecular flexibility index (Phi) is 14.9. The second-order valence-electron chi connectivity index (χ2n) is 9.15. The lowest BCUT2D eigenvalue weighted by Gasteiger charge is -2.27. The van der Waals surface area contributed by atoms with Gasteiger partial charge in [0.15, 0.2) is 0 Å². The second kappa shape index (κ2) is 16.4. The number of likely N-dealkylation sites (tertiary alicyclic amines) is 1. The summed E-state index contributed by atoms with van der Waals surface area (Å²) in [6, 6.07) is 1.38. The van der Waals surface area contributed by atoms with E-state index >= 15 is 0 Å². The van der Waals surface area contributed by atoms with E-state index in [9.17, 15) is 32.8 Å². The maximum absolute atomic E-state index is 12.8. The van der Waals surface area contributed by atoms with Crippen LogP contribution in [-0.4, -0.2) is 60.0 Å². The Hall–Kier alpha value is -3.36. The molecule has 0 aliphatic carbocycles. The third-order valence-corrected chi connectivity index (χ3v) is 4.67. The van der Waals surface area contributed by atoms with Crippen LogP contribution in [0.2, 0.25) is 0 Å². The Balaban J connectivity index is 0.00000165. The highest BCUT2D eigenvalue weighted by molar-refractivity contribution is 5.92. The molecule has 9 nitrogen and oxygen atoms in total. The molecule has 208 valence electrons. The Morgan fingerprint density at radius 1 is 1.24 bits per heavy atom. The molecule has 0 saturated carbocycles. The largest absolute Gasteiger partial charge is 0.495 e. The molecule has 3 amide bonds. The highest BCUT2D eigenvalue weighted by Gasteiger charge is 2.42. The van der Waals surface area contributed by atoms with Gasteiger partial charge in [-0.25, -0.2) is 0 Å². The van der Waals surface area contributed by atoms with Crippen molar-refractivity contribution in [3.05, 3.63) is 24.0 Å². The highest BCUT2D eigenvalue weighted by Crippen LogP contribution is 2.26. The van der Waals surface area contributed by atoms with E-state index in [0.29, 0.717) is 17.7 Å². The molecular formula is C25H38F3N5O4. The van der Waals surface area contributed by atoms with Crippen molar-refractivity contribution in [2.24, 2.45) is 11.8 Å². The quantitative estimate of drug-likeness (QED) is 0.578. The molecule has 1 aromatic rings. The topological polar surface area (TPSA) is 124 Å². The summed E-state index contributed by atoms with van der Waals surface area (Å²) >= 11 is 0. The number of ether oxygens (including phenoxy) is 1. The molecular weight excluding hydrogens is 491 g/mol. The molecule has 1 fully saturated rings. The highest BCUT2D eigenvalue weighted by atomic mass is 19.4. The van der Waals surface area contributed by atoms with Crippen molar-refractivity contribution in [1.29, 1.82) is 5.26 Å². The lowest BCUT2D eigenvalue weighted by molar-refractivity contribution is -0.174. The first-order valence-electron chi connectivity index (χ1n) is 12.1. The first-order chi connectivity index (χ1) is 17.2. The number of halogens is 3. The number of alkyl halides is 3. The van der Waals surface area contributed by atoms with Gasteiger partial charge in [-0.3, -0.25) is 19.4 Å². The molecule has 0 spiro atoms. The summed E-state index contributed by atoms with van der Waals surface area (Å²) in [5.41, 5.74) is 0.367. The summed E-state index contributed by atoms with van der Waals surface area (Å²) in [5.74, 6) is -2.78. The van der Waals surface area contributed by atoms with Crippen LogP contribution in [0.25, 0.3) is 0 Å². The van der Waals surface area contributed by atoms with Crippen molar-refractivity contribution < 1.29 is 32.3 Å². The number of nitrogens with one attached hydrogen (secondary N) is 2. The number of carbonyl (C=O) groups excluding carboxylic acids is 3. The average molecular weight is 530 g/mol. The summed E-state index contributed by atoms with van der Waals surface area (Å²) in [6.07, 6.45) is -0.617. The molecule has 2 heterocycles. The van der Waals surface area contributed by atoms with E-state index in [1.165, 1.54) is 37.3 Å². The van der Waals surface area contributed by atoms with Crippen LogP contribution < -0.4 is 15.4 Å². The Bertz CT molecular complexity index is 916. The summed E-state index contributed by atoms with van der Waals surface area (Å²) in [6.45, 7) is 11.7. The fourth-order valence-corrected chi connectivity index (χ4v) is 3.11. The van der Waals surface area contributed by atoms with Gasteiger partial charge in [-0.05, 0) is 24.3 Å². The van der Waals surface area contributed by atoms with Crippen LogP contribution in [0.1, 0.15) is 66.0 Å². The number of pyridine rings is 1. The summed E-state index contributed by atoms with van der Waals surface area (Å²) in [7, 11) is 1.42. The maximum atomic E-state index is 12.8. The summed E-state index contributed by atoms with van der Waals surface area (Å²) in [5, 5.41) is 13.5. The van der Waals surface area contributed by atoms with Gasteiger partial charge in [0.2, 0.25) is 11.8 Å². The first kappa shape index (κ1) is 33.6. The molecule has 2 unspecified atom stereocenters. The minimum absolute atomic E-state index is 0.137. The summed E-state index contributed by atoms with van der Waals surface area (Å²) < 4.78 is 41.9. The van der Waals surface area contributed by atoms with Gasteiger partial charge in [0.1, 0.15) is 17.8 Å². The van der Waals surface area contributed by atoms with Crippen molar-refractivity contribution in [1.82, 2.24) is 20.5 Å². The van der Waals surface area contributed by atoms with Crippen LogP contribution in [0.15, 0.2) is 18.5 Å². The van der Waals surface area contributed by atoms with Crippen LogP contribution in [0.5, 0.6) is 5.75 Å². The van der Waals surface area contributed by atoms with Crippen LogP contribution >= 0.6 is 0 Å². The zero-order valence-corrected chi connectivity index (χ0v) is 22.5. The predicted octanol–water partition coefficient (Wildman–Crippen LogP) is 3.77. The second-order valence-corrected chi connectivity index (χ2v) is 9.15. The Morgan fingerprint density at radius 3 is 2.30 bits per heavy atom. The van der Waals surface area contributed by atoms with Crippen molar-refractivity contribution >= 4 is 17.7 Å². The third-order valence-electron chi connectivity index (χ3n) is 4.67. The van der Waals surface area contributed by atoms with Crippen molar-refractivity contribution in [2.75, 3.05) is 20.2 Å². The molecule has 1 aliphatic heterocycles. The smallest absolute Gasteiger partial charge is 0.471 e. The molecule has 0 radical (unpaired) electrons. The van der Waals surface area contributed by atoms with Crippen LogP contribution in [-0.2, 0) is 14.4 Å². The van der Waals surface area contributed by atoms with Crippen LogP contribution in [0, 0.1) is 23.2 Å². The number of aromatic nitrogens is 1. The molecule has 3 atom stereocenters. The van der Waals surface area contributed by atoms with E-state index in [1.54, 1.807) is 6.92 Å². The number of carbonyl (C=O) groups is 3. The van der Waals surface area contributed by atoms with Crippen molar-refractivity contribution in [3.63, 3.8) is 0 Å². The van der Waals surface area contributed by atoms with Gasteiger partial charge in [-0.1, -0.05) is 48.0 Å². The van der Waals surface area contributed by atoms with Gasteiger partial charge in [-0.15, -0.1) is 0 Å². The maximum Gasteiger partial charge on any atom is 0.471 e. The zero-order valence-electron chi connectivity index (χ0n) is 22.5. The number of hydrogen-bond acceptors (Lipinski definition) is 6. The molecule has 0 bridgehead atoms. The van der Waals surface area contributed by atoms with E-state index in [4.69, 9.17) is 4.74 Å². The first-order valence-corrected chi connectivity index (χ1v) is 12.1. The van der Waals surface area contributed by atoms with E-state index in [2.05, 4.69) is 44.9 Å². The summed E-state index contributed by atoms with van der Waals surface area (Å²) in [4.78, 5) is 41.1. The SMILES string of the molecule is CC(C)C.CCC.COc1cncc(C(C#N)NC(=O)C2[C@@H](C)CCN2C(=O)CNC(=O)C(F)(F)F)c1. The predicted molar refractivity (Wildman–Crippen MR) is 132 cm³/mol. The minimum atomic E-state index is -5.11. The molecule has 12 heteroatoms. The van der Waals surface area contributed by atoms with Gasteiger partial charge in [0, 0.05) is 18.3 Å². The fraction of sp³-hybridized carbons (Fsp3) is 0.640. The molecule has 0 aromatic carbocycles. The van der Waals surface area contributed by atoms with Gasteiger partial charge in [-0.2, -0.15) is 18.4 Å². The number of methoxy groups -OCH3 is 1. The standard InChI is InChI=1S/C18H20F3N5O4.C4H10.C3H8/c1-10-3-4-26(14(27)9-24-17(29)18(19,20)21)15(10)16(28)25-13(6-22)11-5-12(30-2)8-23-7-11;1-4(2)3;1-3-2/h5,7-8,10,13,15H,3-4,9H2,1-2H3,(H,24,29)(H,25,28);4H,1-3H3;3H2,1-2H3/t10-,13?,15?;;/m0../s1. The number of nitrogens with zero attached hydrogens (tertiary/aromatic N) is 3. The average Bonchev–Trinajstić information content (AvgIpc) is 3.21. The monoisotopic (exact) mass is 529 g/mol. The Labute approximate surface area is 216 Å². The molecule has 2 rings (SSSR count). The Morgan fingerprint density at radius 2 is 1.81 bits per heavy atom. The van der Waals surface area contributed by atoms with E-state index in [-0.39, 0.29) is 12.5 Å². The lowest BCUT2D eigenvalue weighted by Crippen LogP contribution is -2.52. The number of amides is 3. The number of nitriles is 1. The zero-order chi connectivity index (χ0) is 28.8. The van der Waals surface area contributed by atoms with Gasteiger partial charge in [0.05, 0.1) is 25.9 Å². The van der Waals surface area contributed by atoms with Gasteiger partial charge >= 0.3 is 12.1 Å². The van der Waals surface area contributed by atoms with Gasteiger partial charge in [0.25, 0.3) is 0 Å². The van der Waals surface area contributed by atoms with Crippen molar-refractivity contribution in [3.8, 4) is 11.8 Å². The fourth-order valence-electron chi connectivity index (χ4n) is 3.11. The van der Waals surface area contributed by atoms with Crippen LogP contribution in [0.3, 0.4) is 0 Å². The van der Waals surface area contributed by atoms with Crippen molar-refractivity contribution in [2.45, 2.75) is 72.6 Å². The molecule has 37 heavy (non-hydrogen) atoms. The van der Waals surface area contributed by atoms with E-state index in [1.807, 2.05) is 6.07 Å². The normalized spacial score (nSPS) is 17.3. The van der Waals surface area contributed by atoms with Crippen LogP contribution in [0.4, 0.5) is 13.2 Å². The molecule has 1 saturated heterocycles.